The Hall–Kier alpha value is -2.50. The van der Waals surface area contributed by atoms with Gasteiger partial charge in [-0.25, -0.2) is 0 Å². The fraction of sp³-hybridized carbons (Fsp3) is 0.200. The highest BCUT2D eigenvalue weighted by molar-refractivity contribution is 6.43. The number of benzene rings is 2. The van der Waals surface area contributed by atoms with Crippen LogP contribution in [0.2, 0.25) is 10.0 Å². The first-order valence-electron chi connectivity index (χ1n) is 8.51. The molecule has 1 N–H and O–H groups in total. The average molecular weight is 402 g/mol. The summed E-state index contributed by atoms with van der Waals surface area (Å²) in [5, 5.41) is 8.09. The van der Waals surface area contributed by atoms with Crippen LogP contribution < -0.4 is 10.1 Å². The Kier molecular flexibility index (Phi) is 4.81. The van der Waals surface area contributed by atoms with Gasteiger partial charge < -0.3 is 10.1 Å². The summed E-state index contributed by atoms with van der Waals surface area (Å²) >= 11 is 12.2. The predicted molar refractivity (Wildman–Crippen MR) is 105 cm³/mol. The second-order valence-electron chi connectivity index (χ2n) is 6.41. The highest BCUT2D eigenvalue weighted by Crippen LogP contribution is 2.42. The SMILES string of the molecule is Cn1ncc(C(=O)NC2COc3c2ccc(Cl)c3Cl)c1Cc1ccccc1. The van der Waals surface area contributed by atoms with Crippen LogP contribution in [-0.2, 0) is 13.5 Å². The smallest absolute Gasteiger partial charge is 0.255 e. The van der Waals surface area contributed by atoms with Crippen molar-refractivity contribution >= 4 is 29.1 Å². The molecule has 138 valence electrons. The molecule has 4 rings (SSSR count). The van der Waals surface area contributed by atoms with E-state index < -0.39 is 0 Å². The van der Waals surface area contributed by atoms with Crippen molar-refractivity contribution in [2.24, 2.45) is 7.05 Å². The zero-order valence-electron chi connectivity index (χ0n) is 14.6. The van der Waals surface area contributed by atoms with Gasteiger partial charge in [0.1, 0.15) is 17.4 Å². The van der Waals surface area contributed by atoms with Crippen LogP contribution in [0.3, 0.4) is 0 Å². The highest BCUT2D eigenvalue weighted by Gasteiger charge is 2.30. The number of carbonyl (C=O) groups is 1. The number of nitrogens with one attached hydrogen (secondary N) is 1. The van der Waals surface area contributed by atoms with Crippen LogP contribution in [-0.4, -0.2) is 22.3 Å². The number of fused-ring (bicyclic) bond motifs is 1. The third kappa shape index (κ3) is 3.40. The first-order chi connectivity index (χ1) is 13.0. The topological polar surface area (TPSA) is 56.2 Å². The summed E-state index contributed by atoms with van der Waals surface area (Å²) in [5.41, 5.74) is 3.35. The molecule has 0 radical (unpaired) electrons. The van der Waals surface area contributed by atoms with E-state index in [1.807, 2.05) is 43.4 Å². The lowest BCUT2D eigenvalue weighted by Gasteiger charge is -2.13. The lowest BCUT2D eigenvalue weighted by molar-refractivity contribution is 0.0929. The summed E-state index contributed by atoms with van der Waals surface area (Å²) in [6, 6.07) is 13.2. The van der Waals surface area contributed by atoms with Gasteiger partial charge in [0.05, 0.1) is 28.5 Å². The molecule has 27 heavy (non-hydrogen) atoms. The maximum atomic E-state index is 12.9. The minimum absolute atomic E-state index is 0.193. The Morgan fingerprint density at radius 1 is 1.26 bits per heavy atom. The Labute approximate surface area is 166 Å². The van der Waals surface area contributed by atoms with E-state index in [-0.39, 0.29) is 11.9 Å². The zero-order chi connectivity index (χ0) is 19.0. The van der Waals surface area contributed by atoms with Crippen LogP contribution in [0.5, 0.6) is 5.75 Å². The molecule has 1 aliphatic rings. The van der Waals surface area contributed by atoms with Crippen molar-refractivity contribution < 1.29 is 9.53 Å². The molecule has 1 amide bonds. The van der Waals surface area contributed by atoms with Gasteiger partial charge in [0.2, 0.25) is 0 Å². The maximum absolute atomic E-state index is 12.9. The molecule has 1 atom stereocenters. The molecule has 0 fully saturated rings. The molecular weight excluding hydrogens is 385 g/mol. The summed E-state index contributed by atoms with van der Waals surface area (Å²) in [6.45, 7) is 0.315. The summed E-state index contributed by atoms with van der Waals surface area (Å²) in [5.74, 6) is 0.340. The second-order valence-corrected chi connectivity index (χ2v) is 7.19. The summed E-state index contributed by atoms with van der Waals surface area (Å²) in [6.07, 6.45) is 2.22. The van der Waals surface area contributed by atoms with Gasteiger partial charge >= 0.3 is 0 Å². The fourth-order valence-electron chi connectivity index (χ4n) is 3.23. The zero-order valence-corrected chi connectivity index (χ0v) is 16.1. The molecule has 7 heteroatoms. The van der Waals surface area contributed by atoms with E-state index in [9.17, 15) is 4.79 Å². The summed E-state index contributed by atoms with van der Waals surface area (Å²) < 4.78 is 7.37. The number of amides is 1. The number of ether oxygens (including phenoxy) is 1. The molecule has 0 spiro atoms. The minimum Gasteiger partial charge on any atom is -0.489 e. The highest BCUT2D eigenvalue weighted by atomic mass is 35.5. The largest absolute Gasteiger partial charge is 0.489 e. The van der Waals surface area contributed by atoms with Crippen LogP contribution >= 0.6 is 23.2 Å². The lowest BCUT2D eigenvalue weighted by Crippen LogP contribution is -2.30. The van der Waals surface area contributed by atoms with Crippen LogP contribution in [0.4, 0.5) is 0 Å². The number of hydrogen-bond donors (Lipinski definition) is 1. The molecule has 0 saturated carbocycles. The van der Waals surface area contributed by atoms with Gasteiger partial charge in [-0.1, -0.05) is 59.6 Å². The third-order valence-corrected chi connectivity index (χ3v) is 5.46. The van der Waals surface area contributed by atoms with Gasteiger partial charge in [-0.2, -0.15) is 5.10 Å². The second kappa shape index (κ2) is 7.25. The van der Waals surface area contributed by atoms with E-state index >= 15 is 0 Å². The molecule has 3 aromatic rings. The Bertz CT molecular complexity index is 1000. The molecule has 1 aliphatic heterocycles. The van der Waals surface area contributed by atoms with E-state index in [2.05, 4.69) is 10.4 Å². The third-order valence-electron chi connectivity index (χ3n) is 4.68. The predicted octanol–water partition coefficient (Wildman–Crippen LogP) is 4.18. The van der Waals surface area contributed by atoms with Crippen LogP contribution in [0.15, 0.2) is 48.7 Å². The number of hydrogen-bond acceptors (Lipinski definition) is 3. The van der Waals surface area contributed by atoms with Gasteiger partial charge in [-0.15, -0.1) is 0 Å². The normalized spacial score (nSPS) is 15.3. The molecule has 1 aromatic heterocycles. The van der Waals surface area contributed by atoms with Gasteiger partial charge in [-0.05, 0) is 11.6 Å². The average Bonchev–Trinajstić information content (AvgIpc) is 3.24. The first kappa shape index (κ1) is 17.9. The Balaban J connectivity index is 1.57. The van der Waals surface area contributed by atoms with E-state index in [0.717, 1.165) is 16.8 Å². The Morgan fingerprint density at radius 2 is 2.04 bits per heavy atom. The number of nitrogens with zero attached hydrogens (tertiary/aromatic N) is 2. The first-order valence-corrected chi connectivity index (χ1v) is 9.26. The van der Waals surface area contributed by atoms with Crippen molar-refractivity contribution in [2.45, 2.75) is 12.5 Å². The van der Waals surface area contributed by atoms with Crippen LogP contribution in [0.25, 0.3) is 0 Å². The molecule has 0 saturated heterocycles. The molecule has 2 aromatic carbocycles. The molecule has 0 bridgehead atoms. The van der Waals surface area contributed by atoms with E-state index in [1.54, 1.807) is 16.9 Å². The fourth-order valence-corrected chi connectivity index (χ4v) is 3.61. The number of aryl methyl sites for hydroxylation is 1. The van der Waals surface area contributed by atoms with Crippen molar-refractivity contribution in [3.05, 3.63) is 81.1 Å². The number of rotatable bonds is 4. The van der Waals surface area contributed by atoms with Crippen molar-refractivity contribution in [2.75, 3.05) is 6.61 Å². The maximum Gasteiger partial charge on any atom is 0.255 e. The van der Waals surface area contributed by atoms with E-state index in [4.69, 9.17) is 27.9 Å². The number of carbonyl (C=O) groups excluding carboxylic acids is 1. The molecule has 5 nitrogen and oxygen atoms in total. The van der Waals surface area contributed by atoms with Gasteiger partial charge in [0.15, 0.2) is 0 Å². The summed E-state index contributed by atoms with van der Waals surface area (Å²) in [7, 11) is 1.84. The van der Waals surface area contributed by atoms with Crippen molar-refractivity contribution in [3.63, 3.8) is 0 Å². The Morgan fingerprint density at radius 3 is 2.81 bits per heavy atom. The minimum atomic E-state index is -0.285. The van der Waals surface area contributed by atoms with Crippen LogP contribution in [0, 0.1) is 0 Å². The van der Waals surface area contributed by atoms with Gasteiger partial charge in [0, 0.05) is 19.0 Å². The molecule has 0 aliphatic carbocycles. The van der Waals surface area contributed by atoms with Gasteiger partial charge in [0.25, 0.3) is 5.91 Å². The monoisotopic (exact) mass is 401 g/mol. The standard InChI is InChI=1S/C20H17Cl2N3O2/c1-25-17(9-12-5-3-2-4-6-12)14(10-23-25)20(26)24-16-11-27-19-13(16)7-8-15(21)18(19)22/h2-8,10,16H,9,11H2,1H3,(H,24,26). The number of halogens is 2. The molecular formula is C20H17Cl2N3O2. The lowest BCUT2D eigenvalue weighted by atomic mass is 10.1. The molecule has 2 heterocycles. The quantitative estimate of drug-likeness (QED) is 0.713. The van der Waals surface area contributed by atoms with Gasteiger partial charge in [-0.3, -0.25) is 9.48 Å². The summed E-state index contributed by atoms with van der Waals surface area (Å²) in [4.78, 5) is 12.9. The van der Waals surface area contributed by atoms with E-state index in [1.165, 1.54) is 0 Å². The van der Waals surface area contributed by atoms with Crippen molar-refractivity contribution in [3.8, 4) is 5.75 Å². The van der Waals surface area contributed by atoms with Crippen molar-refractivity contribution in [1.29, 1.82) is 0 Å². The van der Waals surface area contributed by atoms with E-state index in [0.29, 0.717) is 34.4 Å². The number of aromatic nitrogens is 2. The van der Waals surface area contributed by atoms with Crippen LogP contribution in [0.1, 0.15) is 33.2 Å². The van der Waals surface area contributed by atoms with Crippen molar-refractivity contribution in [1.82, 2.24) is 15.1 Å². The molecule has 1 unspecified atom stereocenters.